The second-order valence-corrected chi connectivity index (χ2v) is 3.86. The van der Waals surface area contributed by atoms with Gasteiger partial charge in [-0.2, -0.15) is 0 Å². The van der Waals surface area contributed by atoms with Gasteiger partial charge in [-0.3, -0.25) is 0 Å². The number of methoxy groups -OCH3 is 1. The molecular weight excluding hydrogens is 195 g/mol. The minimum atomic E-state index is -0.672. The zero-order valence-electron chi connectivity index (χ0n) is 9.33. The van der Waals surface area contributed by atoms with Crippen LogP contribution in [0.15, 0.2) is 18.2 Å². The third-order valence-electron chi connectivity index (χ3n) is 2.41. The molecule has 3 heteroatoms. The molecule has 0 aromatic heterocycles. The molecule has 0 saturated carbocycles. The van der Waals surface area contributed by atoms with Crippen LogP contribution >= 0.6 is 0 Å². The lowest BCUT2D eigenvalue weighted by Crippen LogP contribution is -2.11. The summed E-state index contributed by atoms with van der Waals surface area (Å²) in [7, 11) is 1.59. The lowest BCUT2D eigenvalue weighted by atomic mass is 10.0. The molecule has 1 rings (SSSR count). The molecule has 2 nitrogen and oxygen atoms in total. The van der Waals surface area contributed by atoms with Crippen LogP contribution in [0.4, 0.5) is 4.39 Å². The van der Waals surface area contributed by atoms with Gasteiger partial charge in [-0.05, 0) is 37.1 Å². The van der Waals surface area contributed by atoms with Crippen LogP contribution in [0.25, 0.3) is 0 Å². The lowest BCUT2D eigenvalue weighted by molar-refractivity contribution is 0.0558. The number of ether oxygens (including phenoxy) is 1. The van der Waals surface area contributed by atoms with Crippen molar-refractivity contribution in [3.05, 3.63) is 35.1 Å². The number of aliphatic hydroxyl groups is 1. The van der Waals surface area contributed by atoms with Gasteiger partial charge >= 0.3 is 0 Å². The molecule has 0 aliphatic rings. The van der Waals surface area contributed by atoms with Crippen molar-refractivity contribution in [2.75, 3.05) is 7.11 Å². The Balaban J connectivity index is 2.77. The second-order valence-electron chi connectivity index (χ2n) is 3.86. The minimum Gasteiger partial charge on any atom is -0.388 e. The van der Waals surface area contributed by atoms with E-state index in [1.807, 2.05) is 6.92 Å². The summed E-state index contributed by atoms with van der Waals surface area (Å²) in [5, 5.41) is 9.82. The smallest absolute Gasteiger partial charge is 0.123 e. The van der Waals surface area contributed by atoms with E-state index < -0.39 is 6.10 Å². The average Bonchev–Trinajstić information content (AvgIpc) is 2.16. The fourth-order valence-corrected chi connectivity index (χ4v) is 1.50. The standard InChI is InChI=1S/C12H17FO2/c1-8-4-10(7-11(13)5-8)12(14)6-9(2)15-3/h4-5,7,9,12,14H,6H2,1-3H3. The number of hydrogen-bond acceptors (Lipinski definition) is 2. The maximum absolute atomic E-state index is 13.1. The minimum absolute atomic E-state index is 0.0384. The summed E-state index contributed by atoms with van der Waals surface area (Å²) in [5.41, 5.74) is 1.42. The first-order chi connectivity index (χ1) is 7.02. The van der Waals surface area contributed by atoms with Gasteiger partial charge in [0.2, 0.25) is 0 Å². The molecule has 0 fully saturated rings. The van der Waals surface area contributed by atoms with Gasteiger partial charge in [0.1, 0.15) is 5.82 Å². The Morgan fingerprint density at radius 3 is 2.60 bits per heavy atom. The van der Waals surface area contributed by atoms with Crippen molar-refractivity contribution in [1.82, 2.24) is 0 Å². The van der Waals surface area contributed by atoms with E-state index in [1.165, 1.54) is 12.1 Å². The molecule has 15 heavy (non-hydrogen) atoms. The third kappa shape index (κ3) is 3.61. The van der Waals surface area contributed by atoms with Crippen molar-refractivity contribution in [3.63, 3.8) is 0 Å². The molecule has 1 aromatic rings. The summed E-state index contributed by atoms with van der Waals surface area (Å²) in [6, 6.07) is 4.59. The van der Waals surface area contributed by atoms with Gasteiger partial charge in [0, 0.05) is 13.5 Å². The molecule has 0 radical (unpaired) electrons. The van der Waals surface area contributed by atoms with Crippen molar-refractivity contribution >= 4 is 0 Å². The Labute approximate surface area is 89.7 Å². The number of hydrogen-bond donors (Lipinski definition) is 1. The van der Waals surface area contributed by atoms with Crippen LogP contribution in [0, 0.1) is 12.7 Å². The van der Waals surface area contributed by atoms with Crippen LogP contribution < -0.4 is 0 Å². The van der Waals surface area contributed by atoms with Crippen molar-refractivity contribution in [3.8, 4) is 0 Å². The fourth-order valence-electron chi connectivity index (χ4n) is 1.50. The van der Waals surface area contributed by atoms with E-state index in [0.717, 1.165) is 5.56 Å². The first-order valence-electron chi connectivity index (χ1n) is 5.01. The van der Waals surface area contributed by atoms with Gasteiger partial charge in [-0.1, -0.05) is 6.07 Å². The number of rotatable bonds is 4. The second kappa shape index (κ2) is 5.24. The number of aliphatic hydroxyl groups excluding tert-OH is 1. The zero-order chi connectivity index (χ0) is 11.4. The van der Waals surface area contributed by atoms with Crippen LogP contribution in [0.2, 0.25) is 0 Å². The topological polar surface area (TPSA) is 29.5 Å². The van der Waals surface area contributed by atoms with E-state index in [1.54, 1.807) is 20.1 Å². The van der Waals surface area contributed by atoms with E-state index >= 15 is 0 Å². The molecule has 2 atom stereocenters. The number of halogens is 1. The van der Waals surface area contributed by atoms with E-state index in [0.29, 0.717) is 12.0 Å². The molecule has 1 aromatic carbocycles. The van der Waals surface area contributed by atoms with Crippen molar-refractivity contribution < 1.29 is 14.2 Å². The van der Waals surface area contributed by atoms with Gasteiger partial charge in [0.25, 0.3) is 0 Å². The summed E-state index contributed by atoms with van der Waals surface area (Å²) in [5.74, 6) is -0.311. The van der Waals surface area contributed by atoms with Crippen LogP contribution in [-0.4, -0.2) is 18.3 Å². The van der Waals surface area contributed by atoms with Gasteiger partial charge in [0.05, 0.1) is 12.2 Å². The molecule has 0 aliphatic heterocycles. The first-order valence-corrected chi connectivity index (χ1v) is 5.01. The number of aryl methyl sites for hydroxylation is 1. The van der Waals surface area contributed by atoms with Crippen LogP contribution in [-0.2, 0) is 4.74 Å². The lowest BCUT2D eigenvalue weighted by Gasteiger charge is -2.16. The van der Waals surface area contributed by atoms with Crippen molar-refractivity contribution in [2.24, 2.45) is 0 Å². The van der Waals surface area contributed by atoms with Gasteiger partial charge in [-0.15, -0.1) is 0 Å². The molecule has 0 amide bonds. The molecule has 0 bridgehead atoms. The highest BCUT2D eigenvalue weighted by Gasteiger charge is 2.13. The van der Waals surface area contributed by atoms with Gasteiger partial charge in [0.15, 0.2) is 0 Å². The molecule has 1 N–H and O–H groups in total. The zero-order valence-corrected chi connectivity index (χ0v) is 9.33. The summed E-state index contributed by atoms with van der Waals surface area (Å²) in [6.07, 6.45) is -0.239. The summed E-state index contributed by atoms with van der Waals surface area (Å²) < 4.78 is 18.1. The third-order valence-corrected chi connectivity index (χ3v) is 2.41. The monoisotopic (exact) mass is 212 g/mol. The molecule has 0 aliphatic carbocycles. The molecule has 0 heterocycles. The molecular formula is C12H17FO2. The highest BCUT2D eigenvalue weighted by atomic mass is 19.1. The predicted octanol–water partition coefficient (Wildman–Crippen LogP) is 2.59. The number of benzene rings is 1. The molecule has 84 valence electrons. The van der Waals surface area contributed by atoms with Crippen LogP contribution in [0.5, 0.6) is 0 Å². The Bertz CT molecular complexity index is 305. The SMILES string of the molecule is COC(C)CC(O)c1cc(C)cc(F)c1. The summed E-state index contributed by atoms with van der Waals surface area (Å²) in [6.45, 7) is 3.68. The predicted molar refractivity (Wildman–Crippen MR) is 57.2 cm³/mol. The normalized spacial score (nSPS) is 15.0. The molecule has 0 saturated heterocycles. The van der Waals surface area contributed by atoms with Crippen molar-refractivity contribution in [2.45, 2.75) is 32.5 Å². The highest BCUT2D eigenvalue weighted by Crippen LogP contribution is 2.21. The van der Waals surface area contributed by atoms with Gasteiger partial charge < -0.3 is 9.84 Å². The summed E-state index contributed by atoms with van der Waals surface area (Å²) >= 11 is 0. The van der Waals surface area contributed by atoms with Crippen LogP contribution in [0.3, 0.4) is 0 Å². The Kier molecular flexibility index (Phi) is 4.24. The maximum atomic E-state index is 13.1. The van der Waals surface area contributed by atoms with Gasteiger partial charge in [-0.25, -0.2) is 4.39 Å². The maximum Gasteiger partial charge on any atom is 0.123 e. The van der Waals surface area contributed by atoms with E-state index in [9.17, 15) is 9.50 Å². The summed E-state index contributed by atoms with van der Waals surface area (Å²) in [4.78, 5) is 0. The Morgan fingerprint density at radius 1 is 1.40 bits per heavy atom. The average molecular weight is 212 g/mol. The van der Waals surface area contributed by atoms with E-state index in [4.69, 9.17) is 4.74 Å². The Hall–Kier alpha value is -0.930. The van der Waals surface area contributed by atoms with Crippen molar-refractivity contribution in [1.29, 1.82) is 0 Å². The Morgan fingerprint density at radius 2 is 2.07 bits per heavy atom. The fraction of sp³-hybridized carbons (Fsp3) is 0.500. The largest absolute Gasteiger partial charge is 0.388 e. The van der Waals surface area contributed by atoms with E-state index in [2.05, 4.69) is 0 Å². The first kappa shape index (κ1) is 12.1. The highest BCUT2D eigenvalue weighted by molar-refractivity contribution is 5.25. The quantitative estimate of drug-likeness (QED) is 0.831. The van der Waals surface area contributed by atoms with E-state index in [-0.39, 0.29) is 11.9 Å². The van der Waals surface area contributed by atoms with Crippen LogP contribution in [0.1, 0.15) is 30.6 Å². The molecule has 0 spiro atoms. The molecule has 2 unspecified atom stereocenters.